The minimum absolute atomic E-state index is 0.290. The van der Waals surface area contributed by atoms with Crippen molar-refractivity contribution < 1.29 is 4.39 Å². The number of aromatic nitrogens is 2. The Bertz CT molecular complexity index is 465. The van der Waals surface area contributed by atoms with Crippen molar-refractivity contribution in [3.63, 3.8) is 0 Å². The van der Waals surface area contributed by atoms with Gasteiger partial charge in [0.25, 0.3) is 0 Å². The molecule has 2 rings (SSSR count). The van der Waals surface area contributed by atoms with Gasteiger partial charge in [0.05, 0.1) is 10.0 Å². The van der Waals surface area contributed by atoms with Crippen LogP contribution in [0.1, 0.15) is 5.69 Å². The van der Waals surface area contributed by atoms with Gasteiger partial charge in [0, 0.05) is 11.9 Å². The van der Waals surface area contributed by atoms with Gasteiger partial charge in [-0.2, -0.15) is 0 Å². The molecule has 0 bridgehead atoms. The lowest BCUT2D eigenvalue weighted by Crippen LogP contribution is -1.87. The van der Waals surface area contributed by atoms with Crippen LogP contribution in [0.25, 0.3) is 11.4 Å². The average Bonchev–Trinajstić information content (AvgIpc) is 2.57. The Labute approximate surface area is 89.3 Å². The summed E-state index contributed by atoms with van der Waals surface area (Å²) in [5.41, 5.74) is 1.40. The van der Waals surface area contributed by atoms with Gasteiger partial charge in [-0.15, -0.1) is 0 Å². The lowest BCUT2D eigenvalue weighted by Gasteiger charge is -2.00. The zero-order valence-corrected chi connectivity index (χ0v) is 9.10. The summed E-state index contributed by atoms with van der Waals surface area (Å²) in [6, 6.07) is 5.13. The Morgan fingerprint density at radius 1 is 1.43 bits per heavy atom. The van der Waals surface area contributed by atoms with E-state index in [2.05, 4.69) is 25.9 Å². The first-order valence-electron chi connectivity index (χ1n) is 4.14. The summed E-state index contributed by atoms with van der Waals surface area (Å²) in [5, 5.41) is 0. The fourth-order valence-corrected chi connectivity index (χ4v) is 1.60. The van der Waals surface area contributed by atoms with Crippen molar-refractivity contribution in [2.24, 2.45) is 0 Å². The Morgan fingerprint density at radius 2 is 2.21 bits per heavy atom. The quantitative estimate of drug-likeness (QED) is 0.832. The van der Waals surface area contributed by atoms with Crippen LogP contribution in [0, 0.1) is 12.7 Å². The molecular formula is C10H8BrFN2. The third kappa shape index (κ3) is 1.57. The number of nitrogens with zero attached hydrogens (tertiary/aromatic N) is 1. The van der Waals surface area contributed by atoms with E-state index in [1.165, 1.54) is 0 Å². The molecule has 0 fully saturated rings. The number of halogens is 2. The molecule has 2 nitrogen and oxygen atoms in total. The second kappa shape index (κ2) is 3.53. The predicted molar refractivity (Wildman–Crippen MR) is 56.4 cm³/mol. The number of rotatable bonds is 1. The Balaban J connectivity index is 2.57. The van der Waals surface area contributed by atoms with E-state index < -0.39 is 0 Å². The second-order valence-corrected chi connectivity index (χ2v) is 3.87. The molecule has 4 heteroatoms. The van der Waals surface area contributed by atoms with Gasteiger partial charge in [0.15, 0.2) is 0 Å². The normalized spacial score (nSPS) is 10.5. The minimum atomic E-state index is -0.290. The Hall–Kier alpha value is -1.16. The van der Waals surface area contributed by atoms with Crippen LogP contribution in [0.5, 0.6) is 0 Å². The van der Waals surface area contributed by atoms with Crippen molar-refractivity contribution in [2.45, 2.75) is 6.92 Å². The summed E-state index contributed by atoms with van der Waals surface area (Å²) >= 11 is 3.13. The molecular weight excluding hydrogens is 247 g/mol. The summed E-state index contributed by atoms with van der Waals surface area (Å²) in [5.74, 6) is 0.267. The maximum atomic E-state index is 13.6. The lowest BCUT2D eigenvalue weighted by molar-refractivity contribution is 0.623. The highest BCUT2D eigenvalue weighted by atomic mass is 79.9. The summed E-state index contributed by atoms with van der Waals surface area (Å²) in [4.78, 5) is 7.06. The molecule has 0 aliphatic heterocycles. The van der Waals surface area contributed by atoms with Crippen LogP contribution in [0.15, 0.2) is 28.9 Å². The van der Waals surface area contributed by atoms with Crippen molar-refractivity contribution in [3.8, 4) is 11.4 Å². The third-order valence-electron chi connectivity index (χ3n) is 1.91. The van der Waals surface area contributed by atoms with Crippen molar-refractivity contribution in [1.82, 2.24) is 9.97 Å². The third-order valence-corrected chi connectivity index (χ3v) is 2.52. The van der Waals surface area contributed by atoms with Crippen molar-refractivity contribution in [3.05, 3.63) is 40.4 Å². The molecule has 0 saturated heterocycles. The fourth-order valence-electron chi connectivity index (χ4n) is 1.24. The molecule has 0 atom stereocenters. The van der Waals surface area contributed by atoms with Crippen LogP contribution >= 0.6 is 15.9 Å². The van der Waals surface area contributed by atoms with Gasteiger partial charge in [-0.1, -0.05) is 6.07 Å². The van der Waals surface area contributed by atoms with Gasteiger partial charge in [-0.3, -0.25) is 0 Å². The molecule has 0 aliphatic rings. The van der Waals surface area contributed by atoms with Gasteiger partial charge in [-0.05, 0) is 35.0 Å². The molecule has 72 valence electrons. The lowest BCUT2D eigenvalue weighted by atomic mass is 10.2. The maximum absolute atomic E-state index is 13.6. The molecule has 0 spiro atoms. The van der Waals surface area contributed by atoms with E-state index in [4.69, 9.17) is 0 Å². The van der Waals surface area contributed by atoms with Crippen molar-refractivity contribution in [2.75, 3.05) is 0 Å². The van der Waals surface area contributed by atoms with Crippen LogP contribution in [0.2, 0.25) is 0 Å². The first-order chi connectivity index (χ1) is 6.68. The number of aromatic amines is 1. The summed E-state index contributed by atoms with van der Waals surface area (Å²) in [6.07, 6.45) is 1.68. The standard InChI is InChI=1S/C10H8BrFN2/c1-6-5-13-10(14-6)7-3-2-4-8(11)9(7)12/h2-5H,1H3,(H,13,14). The molecule has 1 heterocycles. The molecule has 0 unspecified atom stereocenters. The van der Waals surface area contributed by atoms with E-state index in [1.807, 2.05) is 6.92 Å². The van der Waals surface area contributed by atoms with Gasteiger partial charge >= 0.3 is 0 Å². The van der Waals surface area contributed by atoms with E-state index in [0.29, 0.717) is 15.9 Å². The number of aryl methyl sites for hydroxylation is 1. The zero-order chi connectivity index (χ0) is 10.1. The summed E-state index contributed by atoms with van der Waals surface area (Å²) < 4.78 is 14.0. The van der Waals surface area contributed by atoms with Crippen LogP contribution < -0.4 is 0 Å². The highest BCUT2D eigenvalue weighted by molar-refractivity contribution is 9.10. The van der Waals surface area contributed by atoms with Crippen LogP contribution in [0.3, 0.4) is 0 Å². The highest BCUT2D eigenvalue weighted by Gasteiger charge is 2.09. The maximum Gasteiger partial charge on any atom is 0.148 e. The number of hydrogen-bond donors (Lipinski definition) is 1. The number of imidazole rings is 1. The van der Waals surface area contributed by atoms with Crippen molar-refractivity contribution >= 4 is 15.9 Å². The smallest absolute Gasteiger partial charge is 0.148 e. The topological polar surface area (TPSA) is 28.7 Å². The van der Waals surface area contributed by atoms with Gasteiger partial charge < -0.3 is 4.98 Å². The summed E-state index contributed by atoms with van der Waals surface area (Å²) in [6.45, 7) is 1.88. The second-order valence-electron chi connectivity index (χ2n) is 3.02. The molecule has 0 aliphatic carbocycles. The van der Waals surface area contributed by atoms with Crippen LogP contribution in [-0.4, -0.2) is 9.97 Å². The monoisotopic (exact) mass is 254 g/mol. The molecule has 14 heavy (non-hydrogen) atoms. The first-order valence-corrected chi connectivity index (χ1v) is 4.94. The molecule has 0 amide bonds. The van der Waals surface area contributed by atoms with Crippen LogP contribution in [0.4, 0.5) is 4.39 Å². The first kappa shape index (κ1) is 9.40. The van der Waals surface area contributed by atoms with E-state index in [1.54, 1.807) is 24.4 Å². The molecule has 1 aromatic heterocycles. The largest absolute Gasteiger partial charge is 0.342 e. The highest BCUT2D eigenvalue weighted by Crippen LogP contribution is 2.25. The van der Waals surface area contributed by atoms with Gasteiger partial charge in [0.1, 0.15) is 11.6 Å². The van der Waals surface area contributed by atoms with E-state index in [-0.39, 0.29) is 5.82 Å². The molecule has 1 aromatic carbocycles. The minimum Gasteiger partial charge on any atom is -0.342 e. The molecule has 2 aromatic rings. The zero-order valence-electron chi connectivity index (χ0n) is 7.51. The predicted octanol–water partition coefficient (Wildman–Crippen LogP) is 3.29. The number of nitrogens with one attached hydrogen (secondary N) is 1. The fraction of sp³-hybridized carbons (Fsp3) is 0.100. The average molecular weight is 255 g/mol. The van der Waals surface area contributed by atoms with E-state index in [9.17, 15) is 4.39 Å². The van der Waals surface area contributed by atoms with E-state index >= 15 is 0 Å². The summed E-state index contributed by atoms with van der Waals surface area (Å²) in [7, 11) is 0. The van der Waals surface area contributed by atoms with Gasteiger partial charge in [-0.25, -0.2) is 9.37 Å². The Kier molecular flexibility index (Phi) is 2.37. The SMILES string of the molecule is Cc1cnc(-c2cccc(Br)c2F)[nH]1. The number of H-pyrrole nitrogens is 1. The molecule has 0 saturated carbocycles. The Morgan fingerprint density at radius 3 is 2.86 bits per heavy atom. The molecule has 1 N–H and O–H groups in total. The van der Waals surface area contributed by atoms with E-state index in [0.717, 1.165) is 5.69 Å². The number of hydrogen-bond acceptors (Lipinski definition) is 1. The van der Waals surface area contributed by atoms with Gasteiger partial charge in [0.2, 0.25) is 0 Å². The van der Waals surface area contributed by atoms with Crippen LogP contribution in [-0.2, 0) is 0 Å². The number of benzene rings is 1. The molecule has 0 radical (unpaired) electrons. The van der Waals surface area contributed by atoms with Crippen molar-refractivity contribution in [1.29, 1.82) is 0 Å².